The second-order valence-electron chi connectivity index (χ2n) is 5.88. The van der Waals surface area contributed by atoms with Crippen molar-refractivity contribution in [1.29, 1.82) is 0 Å². The van der Waals surface area contributed by atoms with Crippen LogP contribution in [0.25, 0.3) is 0 Å². The van der Waals surface area contributed by atoms with Crippen molar-refractivity contribution in [2.45, 2.75) is 64.9 Å². The molecule has 0 N–H and O–H groups in total. The number of allylic oxidation sites excluding steroid dienone is 2. The van der Waals surface area contributed by atoms with E-state index >= 15 is 0 Å². The zero-order valence-electron chi connectivity index (χ0n) is 12.9. The predicted molar refractivity (Wildman–Crippen MR) is 80.2 cm³/mol. The zero-order chi connectivity index (χ0) is 14.3. The van der Waals surface area contributed by atoms with Crippen LogP contribution >= 0.6 is 0 Å². The van der Waals surface area contributed by atoms with Crippen LogP contribution in [-0.4, -0.2) is 18.5 Å². The van der Waals surface area contributed by atoms with Crippen molar-refractivity contribution in [1.82, 2.24) is 0 Å². The van der Waals surface area contributed by atoms with Crippen molar-refractivity contribution >= 4 is 5.78 Å². The minimum Gasteiger partial charge on any atom is -0.362 e. The monoisotopic (exact) mass is 264 g/mol. The molecule has 0 saturated heterocycles. The maximum Gasteiger partial charge on any atom is 0.172 e. The van der Waals surface area contributed by atoms with Crippen molar-refractivity contribution < 1.29 is 9.53 Å². The highest BCUT2D eigenvalue weighted by atomic mass is 16.5. The van der Waals surface area contributed by atoms with E-state index in [0.29, 0.717) is 6.42 Å². The van der Waals surface area contributed by atoms with Gasteiger partial charge in [-0.3, -0.25) is 4.79 Å². The first-order chi connectivity index (χ1) is 9.03. The summed E-state index contributed by atoms with van der Waals surface area (Å²) < 4.78 is 5.54. The Hall–Kier alpha value is -0.890. The molecule has 0 fully saturated rings. The van der Waals surface area contributed by atoms with Gasteiger partial charge < -0.3 is 4.74 Å². The van der Waals surface area contributed by atoms with Crippen LogP contribution in [0.3, 0.4) is 0 Å². The van der Waals surface area contributed by atoms with Gasteiger partial charge in [-0.25, -0.2) is 0 Å². The SMILES string of the molecule is COC1(C(=O)CCCCCC(C)C)C=CCC=C1C. The number of Topliss-reactive ketones (excluding diaryl/α,β-unsaturated/α-hetero) is 1. The standard InChI is InChI=1S/C17H28O2/c1-14(2)10-6-5-7-12-16(18)17(19-4)13-9-8-11-15(17)3/h9,11,13-14H,5-8,10,12H2,1-4H3. The topological polar surface area (TPSA) is 26.3 Å². The second kappa shape index (κ2) is 7.64. The molecule has 0 bridgehead atoms. The molecule has 1 rings (SSSR count). The Balaban J connectivity index is 2.45. The fraction of sp³-hybridized carbons (Fsp3) is 0.706. The summed E-state index contributed by atoms with van der Waals surface area (Å²) in [6, 6.07) is 0. The van der Waals surface area contributed by atoms with Gasteiger partial charge in [0, 0.05) is 13.5 Å². The molecular weight excluding hydrogens is 236 g/mol. The summed E-state index contributed by atoms with van der Waals surface area (Å²) >= 11 is 0. The van der Waals surface area contributed by atoms with Gasteiger partial charge in [-0.2, -0.15) is 0 Å². The number of carbonyl (C=O) groups is 1. The van der Waals surface area contributed by atoms with Gasteiger partial charge in [0.1, 0.15) is 0 Å². The quantitative estimate of drug-likeness (QED) is 0.478. The summed E-state index contributed by atoms with van der Waals surface area (Å²) in [5.74, 6) is 0.955. The third-order valence-electron chi connectivity index (χ3n) is 3.92. The molecule has 0 saturated carbocycles. The Morgan fingerprint density at radius 2 is 2.11 bits per heavy atom. The van der Waals surface area contributed by atoms with Gasteiger partial charge in [-0.1, -0.05) is 45.3 Å². The lowest BCUT2D eigenvalue weighted by molar-refractivity contribution is -0.132. The van der Waals surface area contributed by atoms with Gasteiger partial charge in [0.25, 0.3) is 0 Å². The molecule has 1 unspecified atom stereocenters. The lowest BCUT2D eigenvalue weighted by Gasteiger charge is -2.31. The van der Waals surface area contributed by atoms with Gasteiger partial charge in [0.05, 0.1) is 0 Å². The van der Waals surface area contributed by atoms with E-state index in [-0.39, 0.29) is 5.78 Å². The second-order valence-corrected chi connectivity index (χ2v) is 5.88. The van der Waals surface area contributed by atoms with Gasteiger partial charge in [-0.15, -0.1) is 0 Å². The number of methoxy groups -OCH3 is 1. The highest BCUT2D eigenvalue weighted by Gasteiger charge is 2.37. The van der Waals surface area contributed by atoms with Crippen LogP contribution in [0.15, 0.2) is 23.8 Å². The van der Waals surface area contributed by atoms with Gasteiger partial charge >= 0.3 is 0 Å². The smallest absolute Gasteiger partial charge is 0.172 e. The molecule has 19 heavy (non-hydrogen) atoms. The van der Waals surface area contributed by atoms with E-state index in [9.17, 15) is 4.79 Å². The molecule has 0 aromatic carbocycles. The van der Waals surface area contributed by atoms with E-state index < -0.39 is 5.60 Å². The molecule has 1 aliphatic rings. The van der Waals surface area contributed by atoms with E-state index in [2.05, 4.69) is 19.9 Å². The first-order valence-corrected chi connectivity index (χ1v) is 7.46. The Morgan fingerprint density at radius 1 is 1.37 bits per heavy atom. The lowest BCUT2D eigenvalue weighted by atomic mass is 9.83. The van der Waals surface area contributed by atoms with Crippen LogP contribution < -0.4 is 0 Å². The first kappa shape index (κ1) is 16.2. The summed E-state index contributed by atoms with van der Waals surface area (Å²) in [4.78, 5) is 12.4. The third kappa shape index (κ3) is 4.31. The van der Waals surface area contributed by atoms with Gasteiger partial charge in [0.2, 0.25) is 0 Å². The van der Waals surface area contributed by atoms with Crippen molar-refractivity contribution in [3.05, 3.63) is 23.8 Å². The zero-order valence-corrected chi connectivity index (χ0v) is 12.9. The molecule has 0 radical (unpaired) electrons. The van der Waals surface area contributed by atoms with Crippen LogP contribution in [0.1, 0.15) is 59.3 Å². The van der Waals surface area contributed by atoms with Crippen LogP contribution in [-0.2, 0) is 9.53 Å². The summed E-state index contributed by atoms with van der Waals surface area (Å²) in [6.07, 6.45) is 12.1. The van der Waals surface area contributed by atoms with E-state index in [4.69, 9.17) is 4.74 Å². The van der Waals surface area contributed by atoms with Crippen LogP contribution in [0, 0.1) is 5.92 Å². The highest BCUT2D eigenvalue weighted by molar-refractivity contribution is 5.93. The molecule has 1 atom stereocenters. The fourth-order valence-electron chi connectivity index (χ4n) is 2.62. The average molecular weight is 264 g/mol. The summed E-state index contributed by atoms with van der Waals surface area (Å²) in [6.45, 7) is 6.47. The van der Waals surface area contributed by atoms with Crippen LogP contribution in [0.2, 0.25) is 0 Å². The summed E-state index contributed by atoms with van der Waals surface area (Å²) in [5, 5.41) is 0. The molecule has 0 amide bonds. The summed E-state index contributed by atoms with van der Waals surface area (Å²) in [7, 11) is 1.63. The number of rotatable bonds is 8. The predicted octanol–water partition coefficient (Wildman–Crippen LogP) is 4.45. The molecule has 0 aliphatic heterocycles. The highest BCUT2D eigenvalue weighted by Crippen LogP contribution is 2.30. The molecule has 0 aromatic rings. The number of hydrogen-bond acceptors (Lipinski definition) is 2. The minimum atomic E-state index is -0.781. The molecule has 0 heterocycles. The molecule has 0 aromatic heterocycles. The van der Waals surface area contributed by atoms with Crippen molar-refractivity contribution in [3.8, 4) is 0 Å². The Morgan fingerprint density at radius 3 is 2.68 bits per heavy atom. The Kier molecular flexibility index (Phi) is 6.50. The van der Waals surface area contributed by atoms with Crippen molar-refractivity contribution in [2.24, 2.45) is 5.92 Å². The molecule has 1 aliphatic carbocycles. The van der Waals surface area contributed by atoms with E-state index in [0.717, 1.165) is 30.8 Å². The first-order valence-electron chi connectivity index (χ1n) is 7.46. The molecular formula is C17H28O2. The third-order valence-corrected chi connectivity index (χ3v) is 3.92. The number of carbonyl (C=O) groups excluding carboxylic acids is 1. The normalized spacial score (nSPS) is 22.7. The largest absolute Gasteiger partial charge is 0.362 e. The summed E-state index contributed by atoms with van der Waals surface area (Å²) in [5.41, 5.74) is 0.251. The number of ether oxygens (including phenoxy) is 1. The molecule has 0 spiro atoms. The Bertz CT molecular complexity index is 352. The fourth-order valence-corrected chi connectivity index (χ4v) is 2.62. The number of ketones is 1. The minimum absolute atomic E-state index is 0.198. The number of hydrogen-bond donors (Lipinski definition) is 0. The van der Waals surface area contributed by atoms with E-state index in [1.54, 1.807) is 7.11 Å². The molecule has 2 nitrogen and oxygen atoms in total. The lowest BCUT2D eigenvalue weighted by Crippen LogP contribution is -2.41. The van der Waals surface area contributed by atoms with Gasteiger partial charge in [0.15, 0.2) is 11.4 Å². The van der Waals surface area contributed by atoms with Crippen LogP contribution in [0.5, 0.6) is 0 Å². The van der Waals surface area contributed by atoms with Crippen LogP contribution in [0.4, 0.5) is 0 Å². The van der Waals surface area contributed by atoms with E-state index in [1.807, 2.05) is 19.1 Å². The molecule has 108 valence electrons. The van der Waals surface area contributed by atoms with Crippen molar-refractivity contribution in [2.75, 3.05) is 7.11 Å². The average Bonchev–Trinajstić information content (AvgIpc) is 2.38. The number of unbranched alkanes of at least 4 members (excludes halogenated alkanes) is 2. The molecule has 2 heteroatoms. The van der Waals surface area contributed by atoms with Crippen molar-refractivity contribution in [3.63, 3.8) is 0 Å². The van der Waals surface area contributed by atoms with Gasteiger partial charge in [-0.05, 0) is 37.3 Å². The maximum atomic E-state index is 12.4. The Labute approximate surface area is 117 Å². The maximum absolute atomic E-state index is 12.4. The van der Waals surface area contributed by atoms with E-state index in [1.165, 1.54) is 12.8 Å².